The van der Waals surface area contributed by atoms with Gasteiger partial charge in [-0.2, -0.15) is 43.2 Å². The third kappa shape index (κ3) is 15.4. The highest BCUT2D eigenvalue weighted by molar-refractivity contribution is 7.86. The summed E-state index contributed by atoms with van der Waals surface area (Å²) >= 11 is 0. The van der Waals surface area contributed by atoms with Gasteiger partial charge in [-0.05, 0) is 91.7 Å². The molecule has 0 aliphatic carbocycles. The summed E-state index contributed by atoms with van der Waals surface area (Å²) in [5.41, 5.74) is 3.38. The molecule has 0 aliphatic rings. The minimum Gasteiger partial charge on any atom is -0.325 e. The number of pyridine rings is 4. The maximum atomic E-state index is 14.7. The maximum Gasteiger partial charge on any atom is 0.417 e. The lowest BCUT2D eigenvalue weighted by atomic mass is 9.96. The molecule has 0 aliphatic heterocycles. The summed E-state index contributed by atoms with van der Waals surface area (Å²) in [5.74, 6) is 0.843. The Hall–Kier alpha value is -8.91. The Morgan fingerprint density at radius 2 is 0.987 bits per heavy atom. The number of fused-ring (bicyclic) bond motifs is 2. The van der Waals surface area contributed by atoms with Crippen molar-refractivity contribution in [1.82, 2.24) is 39.9 Å². The zero-order chi connectivity index (χ0) is 57.1. The van der Waals surface area contributed by atoms with E-state index >= 15 is 0 Å². The quantitative estimate of drug-likeness (QED) is 0.0777. The Bertz CT molecular complexity index is 3880. The van der Waals surface area contributed by atoms with Crippen molar-refractivity contribution < 1.29 is 56.7 Å². The van der Waals surface area contributed by atoms with Crippen LogP contribution in [0.3, 0.4) is 0 Å². The number of aromatic nitrogens is 8. The van der Waals surface area contributed by atoms with E-state index in [1.165, 1.54) is 55.1 Å². The maximum absolute atomic E-state index is 14.7. The van der Waals surface area contributed by atoms with Gasteiger partial charge in [0.05, 0.1) is 43.3 Å². The third-order valence-corrected chi connectivity index (χ3v) is 12.9. The van der Waals surface area contributed by atoms with E-state index in [1.54, 1.807) is 73.9 Å². The number of halogens is 7. The minimum atomic E-state index is -4.47. The van der Waals surface area contributed by atoms with Gasteiger partial charge in [0, 0.05) is 57.8 Å². The smallest absolute Gasteiger partial charge is 0.325 e. The van der Waals surface area contributed by atoms with Crippen molar-refractivity contribution in [3.05, 3.63) is 205 Å². The standard InChI is InChI=1S/C22H18F3N5.C20H13F4N5.2C6H6O3S/c1-13(2)19-20(15-6-5-14-4-3-9-26-17(14)10-15)28-12-29-21(19)30-18-8-7-16(11-27-18)22(23,24)25;1-11-18(14-8-16-12(7-15(14)21)3-2-6-25-16)27-10-28-19(11)29-17-5-4-13(9-26-17)20(22,23)24;2*7-10(8,9)6-4-2-1-3-5-6/h3-13H,1-2H3,(H,27,28,29,30);2-10H,1H3,(H,26,27,28,29);2*1-5H,(H,7,8,9). The van der Waals surface area contributed by atoms with Crippen molar-refractivity contribution in [2.75, 3.05) is 10.6 Å². The summed E-state index contributed by atoms with van der Waals surface area (Å²) in [6, 6.07) is 35.5. The first-order valence-corrected chi connectivity index (χ1v) is 26.0. The molecule has 16 nitrogen and oxygen atoms in total. The number of nitrogens with one attached hydrogen (secondary N) is 2. The van der Waals surface area contributed by atoms with Gasteiger partial charge in [0.1, 0.15) is 41.7 Å². The molecule has 0 bridgehead atoms. The lowest BCUT2D eigenvalue weighted by molar-refractivity contribution is -0.138. The molecule has 6 heterocycles. The van der Waals surface area contributed by atoms with Crippen LogP contribution in [0.2, 0.25) is 0 Å². The van der Waals surface area contributed by atoms with Crippen molar-refractivity contribution >= 4 is 65.3 Å². The molecular weight excluding hydrogens is 1080 g/mol. The topological polar surface area (TPSA) is 236 Å². The third-order valence-electron chi connectivity index (χ3n) is 11.1. The Balaban J connectivity index is 0.000000170. The Labute approximate surface area is 447 Å². The summed E-state index contributed by atoms with van der Waals surface area (Å²) in [7, 11) is -8.01. The summed E-state index contributed by atoms with van der Waals surface area (Å²) in [6.07, 6.45) is -1.35. The molecule has 4 N–H and O–H groups in total. The molecule has 6 aromatic heterocycles. The zero-order valence-corrected chi connectivity index (χ0v) is 43.0. The highest BCUT2D eigenvalue weighted by Gasteiger charge is 2.32. The highest BCUT2D eigenvalue weighted by atomic mass is 32.2. The molecule has 10 aromatic rings. The van der Waals surface area contributed by atoms with Gasteiger partial charge in [0.15, 0.2) is 0 Å². The van der Waals surface area contributed by atoms with Crippen LogP contribution in [0.15, 0.2) is 187 Å². The Morgan fingerprint density at radius 1 is 0.506 bits per heavy atom. The second-order valence-electron chi connectivity index (χ2n) is 17.0. The minimum absolute atomic E-state index is 0.0533. The fourth-order valence-corrected chi connectivity index (χ4v) is 8.31. The predicted molar refractivity (Wildman–Crippen MR) is 282 cm³/mol. The van der Waals surface area contributed by atoms with E-state index in [4.69, 9.17) is 9.11 Å². The number of nitrogens with zero attached hydrogens (tertiary/aromatic N) is 8. The van der Waals surface area contributed by atoms with Gasteiger partial charge in [-0.25, -0.2) is 34.3 Å². The van der Waals surface area contributed by atoms with Crippen molar-refractivity contribution in [3.63, 3.8) is 0 Å². The van der Waals surface area contributed by atoms with Crippen LogP contribution in [-0.2, 0) is 32.6 Å². The van der Waals surface area contributed by atoms with E-state index in [0.717, 1.165) is 52.3 Å². The molecule has 0 radical (unpaired) electrons. The summed E-state index contributed by atoms with van der Waals surface area (Å²) in [5, 5.41) is 7.57. The van der Waals surface area contributed by atoms with E-state index in [1.807, 2.05) is 44.2 Å². The number of anilines is 4. The highest BCUT2D eigenvalue weighted by Crippen LogP contribution is 2.36. The van der Waals surface area contributed by atoms with Gasteiger partial charge in [-0.1, -0.05) is 74.5 Å². The van der Waals surface area contributed by atoms with Gasteiger partial charge >= 0.3 is 12.4 Å². The molecule has 406 valence electrons. The molecule has 0 spiro atoms. The molecule has 79 heavy (non-hydrogen) atoms. The molecule has 25 heteroatoms. The van der Waals surface area contributed by atoms with Crippen molar-refractivity contribution in [2.45, 2.75) is 48.8 Å². The van der Waals surface area contributed by atoms with Gasteiger partial charge in [0.25, 0.3) is 20.2 Å². The number of benzene rings is 4. The van der Waals surface area contributed by atoms with Crippen LogP contribution in [0.5, 0.6) is 0 Å². The van der Waals surface area contributed by atoms with Crippen LogP contribution in [0, 0.1) is 12.7 Å². The van der Waals surface area contributed by atoms with E-state index in [9.17, 15) is 47.6 Å². The Kier molecular flexibility index (Phi) is 18.0. The number of hydrogen-bond donors (Lipinski definition) is 4. The average molecular weight is 1130 g/mol. The molecule has 0 saturated carbocycles. The number of hydrogen-bond acceptors (Lipinski definition) is 14. The normalized spacial score (nSPS) is 11.6. The predicted octanol–water partition coefficient (Wildman–Crippen LogP) is 13.1. The van der Waals surface area contributed by atoms with Gasteiger partial charge in [0.2, 0.25) is 0 Å². The van der Waals surface area contributed by atoms with Crippen LogP contribution in [0.1, 0.15) is 42.0 Å². The molecule has 0 amide bonds. The number of rotatable bonds is 9. The van der Waals surface area contributed by atoms with E-state index in [0.29, 0.717) is 33.8 Å². The van der Waals surface area contributed by atoms with Crippen LogP contribution >= 0.6 is 0 Å². The fourth-order valence-electron chi connectivity index (χ4n) is 7.31. The summed E-state index contributed by atoms with van der Waals surface area (Å²) in [6.45, 7) is 5.70. The van der Waals surface area contributed by atoms with Crippen LogP contribution in [0.4, 0.5) is 54.0 Å². The van der Waals surface area contributed by atoms with Gasteiger partial charge < -0.3 is 10.6 Å². The summed E-state index contributed by atoms with van der Waals surface area (Å²) in [4.78, 5) is 33.2. The lowest BCUT2D eigenvalue weighted by Gasteiger charge is -2.17. The lowest BCUT2D eigenvalue weighted by Crippen LogP contribution is -2.08. The fraction of sp³-hybridized carbons (Fsp3) is 0.111. The molecule has 4 aromatic carbocycles. The second kappa shape index (κ2) is 24.6. The molecule has 0 fully saturated rings. The van der Waals surface area contributed by atoms with E-state index < -0.39 is 49.5 Å². The molecule has 0 unspecified atom stereocenters. The molecule has 10 rings (SSSR count). The second-order valence-corrected chi connectivity index (χ2v) is 19.8. The average Bonchev–Trinajstić information content (AvgIpc) is 3.44. The largest absolute Gasteiger partial charge is 0.417 e. The molecule has 0 saturated heterocycles. The molecule has 0 atom stereocenters. The first-order valence-electron chi connectivity index (χ1n) is 23.1. The van der Waals surface area contributed by atoms with Gasteiger partial charge in [-0.3, -0.25) is 19.1 Å². The van der Waals surface area contributed by atoms with Gasteiger partial charge in [-0.15, -0.1) is 0 Å². The van der Waals surface area contributed by atoms with E-state index in [-0.39, 0.29) is 32.9 Å². The van der Waals surface area contributed by atoms with E-state index in [2.05, 4.69) is 50.5 Å². The SMILES string of the molecule is CC(C)c1c(Nc2ccc(C(F)(F)F)cn2)ncnc1-c1ccc2cccnc2c1.Cc1c(Nc2ccc(C(F)(F)F)cn2)ncnc1-c1cc2ncccc2cc1F.O=S(=O)(O)c1ccccc1.O=S(=O)(O)c1ccccc1. The monoisotopic (exact) mass is 1120 g/mol. The van der Waals surface area contributed by atoms with Crippen molar-refractivity contribution in [3.8, 4) is 22.5 Å². The first-order chi connectivity index (χ1) is 37.4. The number of alkyl halides is 6. The first kappa shape index (κ1) is 57.8. The van der Waals surface area contributed by atoms with Crippen LogP contribution in [-0.4, -0.2) is 65.8 Å². The summed E-state index contributed by atoms with van der Waals surface area (Å²) < 4.78 is 150. The Morgan fingerprint density at radius 3 is 1.46 bits per heavy atom. The van der Waals surface area contributed by atoms with Crippen molar-refractivity contribution in [1.29, 1.82) is 0 Å². The molecular formula is C54H43F7N10O6S2. The van der Waals surface area contributed by atoms with Crippen LogP contribution in [0.25, 0.3) is 44.3 Å². The van der Waals surface area contributed by atoms with Crippen molar-refractivity contribution in [2.24, 2.45) is 0 Å². The van der Waals surface area contributed by atoms with Crippen LogP contribution < -0.4 is 10.6 Å². The zero-order valence-electron chi connectivity index (χ0n) is 41.4.